The predicted octanol–water partition coefficient (Wildman–Crippen LogP) is 1.02. The Kier molecular flexibility index (Phi) is 4.19. The lowest BCUT2D eigenvalue weighted by Crippen LogP contribution is -2.47. The summed E-state index contributed by atoms with van der Waals surface area (Å²) in [5.41, 5.74) is 1.22. The van der Waals surface area contributed by atoms with Crippen LogP contribution in [0.3, 0.4) is 0 Å². The highest BCUT2D eigenvalue weighted by molar-refractivity contribution is 6.09. The molecule has 0 aliphatic carbocycles. The molecule has 0 bridgehead atoms. The molecule has 0 fully saturated rings. The summed E-state index contributed by atoms with van der Waals surface area (Å²) in [4.78, 5) is 35.3. The van der Waals surface area contributed by atoms with Crippen molar-refractivity contribution in [1.82, 2.24) is 5.32 Å². The highest BCUT2D eigenvalue weighted by Gasteiger charge is 2.26. The number of aliphatic carboxylic acids is 1. The van der Waals surface area contributed by atoms with Crippen molar-refractivity contribution in [1.29, 1.82) is 0 Å². The summed E-state index contributed by atoms with van der Waals surface area (Å²) in [6, 6.07) is 6.61. The molecule has 3 amide bonds. The molecule has 0 saturated carbocycles. The number of nitrogens with zero attached hydrogens (tertiary/aromatic N) is 1. The highest BCUT2D eigenvalue weighted by atomic mass is 16.4. The van der Waals surface area contributed by atoms with Gasteiger partial charge in [0.05, 0.1) is 11.4 Å². The number of rotatable bonds is 4. The maximum Gasteiger partial charge on any atom is 0.322 e. The Hall–Kier alpha value is -2.57. The number of carboxylic acid groups (broad SMARTS) is 1. The SMILES string of the molecule is O=C(O)CCCNC(=O)N1CC(=O)Nc2ccccc21. The van der Waals surface area contributed by atoms with Crippen LogP contribution in [0.2, 0.25) is 0 Å². The predicted molar refractivity (Wildman–Crippen MR) is 72.7 cm³/mol. The van der Waals surface area contributed by atoms with Crippen LogP contribution in [-0.4, -0.2) is 36.1 Å². The molecular weight excluding hydrogens is 262 g/mol. The second-order valence-corrected chi connectivity index (χ2v) is 4.38. The lowest BCUT2D eigenvalue weighted by molar-refractivity contribution is -0.137. The van der Waals surface area contributed by atoms with E-state index in [0.717, 1.165) is 0 Å². The molecule has 7 nitrogen and oxygen atoms in total. The van der Waals surface area contributed by atoms with Crippen LogP contribution in [0.4, 0.5) is 16.2 Å². The fraction of sp³-hybridized carbons (Fsp3) is 0.308. The van der Waals surface area contributed by atoms with Gasteiger partial charge < -0.3 is 15.7 Å². The van der Waals surface area contributed by atoms with Crippen LogP contribution in [0.15, 0.2) is 24.3 Å². The average molecular weight is 277 g/mol. The van der Waals surface area contributed by atoms with E-state index in [1.807, 2.05) is 0 Å². The van der Waals surface area contributed by atoms with E-state index in [0.29, 0.717) is 17.8 Å². The average Bonchev–Trinajstić information content (AvgIpc) is 2.42. The Balaban J connectivity index is 1.99. The van der Waals surface area contributed by atoms with E-state index in [1.165, 1.54) is 4.90 Å². The largest absolute Gasteiger partial charge is 0.481 e. The monoisotopic (exact) mass is 277 g/mol. The molecule has 20 heavy (non-hydrogen) atoms. The Morgan fingerprint density at radius 2 is 2.10 bits per heavy atom. The van der Waals surface area contributed by atoms with Gasteiger partial charge in [-0.25, -0.2) is 4.79 Å². The van der Waals surface area contributed by atoms with Gasteiger partial charge in [0.1, 0.15) is 6.54 Å². The first-order valence-corrected chi connectivity index (χ1v) is 6.24. The molecule has 1 heterocycles. The van der Waals surface area contributed by atoms with Crippen molar-refractivity contribution in [3.05, 3.63) is 24.3 Å². The minimum atomic E-state index is -0.901. The lowest BCUT2D eigenvalue weighted by Gasteiger charge is -2.29. The number of benzene rings is 1. The van der Waals surface area contributed by atoms with Crippen LogP contribution in [0.5, 0.6) is 0 Å². The molecule has 0 saturated heterocycles. The first-order chi connectivity index (χ1) is 9.58. The maximum absolute atomic E-state index is 12.0. The van der Waals surface area contributed by atoms with Crippen LogP contribution in [-0.2, 0) is 9.59 Å². The summed E-state index contributed by atoms with van der Waals surface area (Å²) in [5.74, 6) is -1.16. The summed E-state index contributed by atoms with van der Waals surface area (Å²) in [7, 11) is 0. The van der Waals surface area contributed by atoms with Gasteiger partial charge in [-0.05, 0) is 18.6 Å². The molecule has 1 aliphatic rings. The number of amides is 3. The van der Waals surface area contributed by atoms with Crippen LogP contribution >= 0.6 is 0 Å². The quantitative estimate of drug-likeness (QED) is 0.715. The number of fused-ring (bicyclic) bond motifs is 1. The Morgan fingerprint density at radius 3 is 2.85 bits per heavy atom. The minimum Gasteiger partial charge on any atom is -0.481 e. The third-order valence-electron chi connectivity index (χ3n) is 2.86. The van der Waals surface area contributed by atoms with E-state index in [1.54, 1.807) is 24.3 Å². The number of para-hydroxylation sites is 2. The molecule has 1 aliphatic heterocycles. The zero-order chi connectivity index (χ0) is 14.5. The molecule has 106 valence electrons. The smallest absolute Gasteiger partial charge is 0.322 e. The van der Waals surface area contributed by atoms with Gasteiger partial charge in [-0.15, -0.1) is 0 Å². The second-order valence-electron chi connectivity index (χ2n) is 4.38. The molecule has 0 radical (unpaired) electrons. The maximum atomic E-state index is 12.0. The molecule has 0 unspecified atom stereocenters. The highest BCUT2D eigenvalue weighted by Crippen LogP contribution is 2.28. The van der Waals surface area contributed by atoms with Gasteiger partial charge >= 0.3 is 12.0 Å². The summed E-state index contributed by atoms with van der Waals surface area (Å²) in [5, 5.41) is 13.8. The van der Waals surface area contributed by atoms with Gasteiger partial charge in [0.15, 0.2) is 0 Å². The zero-order valence-corrected chi connectivity index (χ0v) is 10.8. The molecule has 0 atom stereocenters. The summed E-state index contributed by atoms with van der Waals surface area (Å²) >= 11 is 0. The molecule has 0 spiro atoms. The van der Waals surface area contributed by atoms with Crippen LogP contribution < -0.4 is 15.5 Å². The summed E-state index contributed by atoms with van der Waals surface area (Å²) < 4.78 is 0. The number of hydrogen-bond donors (Lipinski definition) is 3. The van der Waals surface area contributed by atoms with E-state index in [4.69, 9.17) is 5.11 Å². The van der Waals surface area contributed by atoms with Gasteiger partial charge in [0.25, 0.3) is 0 Å². The van der Waals surface area contributed by atoms with E-state index < -0.39 is 12.0 Å². The second kappa shape index (κ2) is 6.05. The van der Waals surface area contributed by atoms with Gasteiger partial charge in [0, 0.05) is 13.0 Å². The van der Waals surface area contributed by atoms with Crippen molar-refractivity contribution in [2.45, 2.75) is 12.8 Å². The van der Waals surface area contributed by atoms with Gasteiger partial charge in [-0.1, -0.05) is 12.1 Å². The Bertz CT molecular complexity index is 544. The number of nitrogens with one attached hydrogen (secondary N) is 2. The van der Waals surface area contributed by atoms with Gasteiger partial charge in [0.2, 0.25) is 5.91 Å². The normalized spacial score (nSPS) is 13.4. The van der Waals surface area contributed by atoms with E-state index in [9.17, 15) is 14.4 Å². The minimum absolute atomic E-state index is 0.00263. The third-order valence-corrected chi connectivity index (χ3v) is 2.86. The molecule has 7 heteroatoms. The number of carboxylic acids is 1. The molecule has 2 rings (SSSR count). The fourth-order valence-electron chi connectivity index (χ4n) is 1.94. The molecule has 1 aromatic rings. The number of hydrogen-bond acceptors (Lipinski definition) is 3. The van der Waals surface area contributed by atoms with Crippen molar-refractivity contribution in [2.75, 3.05) is 23.3 Å². The number of carbonyl (C=O) groups excluding carboxylic acids is 2. The van der Waals surface area contributed by atoms with Crippen molar-refractivity contribution in [2.24, 2.45) is 0 Å². The Morgan fingerprint density at radius 1 is 1.35 bits per heavy atom. The summed E-state index contributed by atoms with van der Waals surface area (Å²) in [6.45, 7) is 0.202. The topological polar surface area (TPSA) is 98.7 Å². The van der Waals surface area contributed by atoms with Crippen LogP contribution in [0.25, 0.3) is 0 Å². The molecule has 0 aromatic heterocycles. The van der Waals surface area contributed by atoms with Gasteiger partial charge in [-0.2, -0.15) is 0 Å². The lowest BCUT2D eigenvalue weighted by atomic mass is 10.2. The van der Waals surface area contributed by atoms with Crippen molar-refractivity contribution >= 4 is 29.3 Å². The van der Waals surface area contributed by atoms with Crippen molar-refractivity contribution in [3.8, 4) is 0 Å². The van der Waals surface area contributed by atoms with E-state index in [-0.39, 0.29) is 25.4 Å². The number of anilines is 2. The molecular formula is C13H15N3O4. The fourth-order valence-corrected chi connectivity index (χ4v) is 1.94. The van der Waals surface area contributed by atoms with Gasteiger partial charge in [-0.3, -0.25) is 14.5 Å². The molecule has 1 aromatic carbocycles. The van der Waals surface area contributed by atoms with E-state index in [2.05, 4.69) is 10.6 Å². The third kappa shape index (κ3) is 3.25. The first-order valence-electron chi connectivity index (χ1n) is 6.24. The zero-order valence-electron chi connectivity index (χ0n) is 10.8. The Labute approximate surface area is 115 Å². The van der Waals surface area contributed by atoms with Crippen molar-refractivity contribution in [3.63, 3.8) is 0 Å². The van der Waals surface area contributed by atoms with Crippen molar-refractivity contribution < 1.29 is 19.5 Å². The first kappa shape index (κ1) is 13.9. The number of urea groups is 1. The van der Waals surface area contributed by atoms with Crippen LogP contribution in [0.1, 0.15) is 12.8 Å². The molecule has 3 N–H and O–H groups in total. The standard InChI is InChI=1S/C13H15N3O4/c17-11-8-16(10-5-2-1-4-9(10)15-11)13(20)14-7-3-6-12(18)19/h1-2,4-5H,3,6-8H2,(H,14,20)(H,15,17)(H,18,19). The summed E-state index contributed by atoms with van der Waals surface area (Å²) in [6.07, 6.45) is 0.347. The van der Waals surface area contributed by atoms with Crippen LogP contribution in [0, 0.1) is 0 Å². The number of carbonyl (C=O) groups is 3. The van der Waals surface area contributed by atoms with E-state index >= 15 is 0 Å².